The van der Waals surface area contributed by atoms with E-state index in [0.717, 1.165) is 10.5 Å². The number of esters is 1. The van der Waals surface area contributed by atoms with Gasteiger partial charge in [-0.1, -0.05) is 30.3 Å². The molecule has 0 bridgehead atoms. The molecule has 2 aromatic rings. The molecule has 3 rings (SSSR count). The van der Waals surface area contributed by atoms with Crippen LogP contribution in [0.25, 0.3) is 0 Å². The highest BCUT2D eigenvalue weighted by molar-refractivity contribution is 5.93. The van der Waals surface area contributed by atoms with E-state index in [-0.39, 0.29) is 55.3 Å². The summed E-state index contributed by atoms with van der Waals surface area (Å²) in [5.41, 5.74) is -1.76. The highest BCUT2D eigenvalue weighted by Gasteiger charge is 2.42. The number of carbonyl (C=O) groups excluding carboxylic acids is 3. The quantitative estimate of drug-likeness (QED) is 0.190. The molecular formula is C35H48F3N3O7. The third-order valence-corrected chi connectivity index (χ3v) is 6.73. The van der Waals surface area contributed by atoms with Crippen LogP contribution in [0.1, 0.15) is 79.9 Å². The molecular weight excluding hydrogens is 631 g/mol. The number of nitrogens with one attached hydrogen (secondary N) is 1. The van der Waals surface area contributed by atoms with E-state index < -0.39 is 59.7 Å². The van der Waals surface area contributed by atoms with Crippen molar-refractivity contribution in [1.29, 1.82) is 0 Å². The third kappa shape index (κ3) is 11.5. The Morgan fingerprint density at radius 1 is 0.938 bits per heavy atom. The van der Waals surface area contributed by atoms with Gasteiger partial charge >= 0.3 is 18.2 Å². The number of alkyl halides is 2. The van der Waals surface area contributed by atoms with Crippen molar-refractivity contribution in [2.45, 2.75) is 111 Å². The number of hydrogen-bond acceptors (Lipinski definition) is 8. The minimum absolute atomic E-state index is 0.00886. The Labute approximate surface area is 280 Å². The van der Waals surface area contributed by atoms with E-state index >= 15 is 4.39 Å². The molecule has 0 aromatic heterocycles. The van der Waals surface area contributed by atoms with Gasteiger partial charge in [0, 0.05) is 37.6 Å². The number of benzene rings is 2. The van der Waals surface area contributed by atoms with Gasteiger partial charge in [0.1, 0.15) is 41.4 Å². The zero-order valence-corrected chi connectivity index (χ0v) is 29.2. The van der Waals surface area contributed by atoms with Crippen LogP contribution in [0.5, 0.6) is 5.75 Å². The summed E-state index contributed by atoms with van der Waals surface area (Å²) in [5.74, 6) is -1.40. The standard InChI is InChI=1S/C35H48F3N3O7/c1-33(2,3)46-28(42)19-39-30-26(45-21-22-13-11-10-12-14-22)18-25-24(29(30)38)17-23(41(25)32(44)48-35(7,8)9)20-40(16-15-27(36)37)31(43)47-34(4,5)6/h10-14,18,23,27,39H,15-17,19-21H2,1-9H3/t23-/m1/s1. The molecule has 1 aliphatic rings. The average Bonchev–Trinajstić information content (AvgIpc) is 3.29. The average molecular weight is 680 g/mol. The van der Waals surface area contributed by atoms with Gasteiger partial charge in [0.15, 0.2) is 5.82 Å². The molecule has 0 saturated heterocycles. The Kier molecular flexibility index (Phi) is 12.3. The van der Waals surface area contributed by atoms with Crippen LogP contribution in [0.3, 0.4) is 0 Å². The maximum Gasteiger partial charge on any atom is 0.415 e. The Hall–Kier alpha value is -4.16. The smallest absolute Gasteiger partial charge is 0.415 e. The Morgan fingerprint density at radius 2 is 1.54 bits per heavy atom. The van der Waals surface area contributed by atoms with Gasteiger partial charge in [-0.25, -0.2) is 22.8 Å². The summed E-state index contributed by atoms with van der Waals surface area (Å²) in [7, 11) is 0. The molecule has 0 radical (unpaired) electrons. The molecule has 2 amide bonds. The first-order valence-corrected chi connectivity index (χ1v) is 15.9. The first-order chi connectivity index (χ1) is 22.1. The summed E-state index contributed by atoms with van der Waals surface area (Å²) in [6, 6.07) is 9.69. The van der Waals surface area contributed by atoms with Crippen LogP contribution in [0.4, 0.5) is 34.1 Å². The number of carbonyl (C=O) groups is 3. The first kappa shape index (κ1) is 38.3. The topological polar surface area (TPSA) is 107 Å². The van der Waals surface area contributed by atoms with Crippen LogP contribution in [0.2, 0.25) is 0 Å². The molecule has 1 N–H and O–H groups in total. The lowest BCUT2D eigenvalue weighted by Gasteiger charge is -2.33. The van der Waals surface area contributed by atoms with E-state index in [2.05, 4.69) is 5.32 Å². The Bertz CT molecular complexity index is 1430. The fourth-order valence-electron chi connectivity index (χ4n) is 4.94. The number of fused-ring (bicyclic) bond motifs is 1. The van der Waals surface area contributed by atoms with E-state index in [4.69, 9.17) is 18.9 Å². The lowest BCUT2D eigenvalue weighted by atomic mass is 10.1. The summed E-state index contributed by atoms with van der Waals surface area (Å²) in [6.45, 7) is 14.1. The van der Waals surface area contributed by atoms with Gasteiger partial charge in [0.25, 0.3) is 0 Å². The summed E-state index contributed by atoms with van der Waals surface area (Å²) in [6.07, 6.45) is -5.11. The van der Waals surface area contributed by atoms with Crippen molar-refractivity contribution >= 4 is 29.5 Å². The normalized spacial score (nSPS) is 14.8. The number of rotatable bonds is 11. The van der Waals surface area contributed by atoms with E-state index in [1.807, 2.05) is 30.3 Å². The van der Waals surface area contributed by atoms with Crippen molar-refractivity contribution in [2.24, 2.45) is 0 Å². The van der Waals surface area contributed by atoms with Crippen molar-refractivity contribution in [2.75, 3.05) is 29.9 Å². The predicted octanol–water partition coefficient (Wildman–Crippen LogP) is 7.72. The molecule has 1 aliphatic heterocycles. The van der Waals surface area contributed by atoms with Crippen molar-refractivity contribution in [3.63, 3.8) is 0 Å². The molecule has 48 heavy (non-hydrogen) atoms. The number of anilines is 2. The fraction of sp³-hybridized carbons (Fsp3) is 0.571. The molecule has 2 aromatic carbocycles. The monoisotopic (exact) mass is 679 g/mol. The molecule has 0 aliphatic carbocycles. The van der Waals surface area contributed by atoms with Crippen LogP contribution in [0, 0.1) is 5.82 Å². The van der Waals surface area contributed by atoms with E-state index in [1.54, 1.807) is 62.3 Å². The van der Waals surface area contributed by atoms with E-state index in [1.165, 1.54) is 11.0 Å². The Morgan fingerprint density at radius 3 is 2.10 bits per heavy atom. The van der Waals surface area contributed by atoms with Gasteiger partial charge in [-0.15, -0.1) is 0 Å². The molecule has 0 spiro atoms. The highest BCUT2D eigenvalue weighted by Crippen LogP contribution is 2.44. The zero-order chi connectivity index (χ0) is 36.0. The molecule has 10 nitrogen and oxygen atoms in total. The van der Waals surface area contributed by atoms with Crippen molar-refractivity contribution in [3.8, 4) is 5.75 Å². The van der Waals surface area contributed by atoms with Crippen LogP contribution in [-0.4, -0.2) is 72.0 Å². The van der Waals surface area contributed by atoms with Crippen LogP contribution >= 0.6 is 0 Å². The SMILES string of the molecule is CC(C)(C)OC(=O)CNc1c(OCc2ccccc2)cc2c(c1F)C[C@H](CN(CCC(F)F)C(=O)OC(C)(C)C)N2C(=O)OC(C)(C)C. The van der Waals surface area contributed by atoms with Gasteiger partial charge in [-0.05, 0) is 67.9 Å². The summed E-state index contributed by atoms with van der Waals surface area (Å²) < 4.78 is 65.8. The molecule has 1 atom stereocenters. The minimum atomic E-state index is -2.70. The first-order valence-electron chi connectivity index (χ1n) is 15.9. The van der Waals surface area contributed by atoms with E-state index in [9.17, 15) is 23.2 Å². The highest BCUT2D eigenvalue weighted by atomic mass is 19.3. The number of amides is 2. The molecule has 0 unspecified atom stereocenters. The van der Waals surface area contributed by atoms with Crippen LogP contribution in [-0.2, 0) is 32.0 Å². The summed E-state index contributed by atoms with van der Waals surface area (Å²) >= 11 is 0. The largest absolute Gasteiger partial charge is 0.487 e. The summed E-state index contributed by atoms with van der Waals surface area (Å²) in [4.78, 5) is 41.8. The number of halogens is 3. The van der Waals surface area contributed by atoms with Crippen molar-refractivity contribution < 1.29 is 46.5 Å². The number of hydrogen-bond donors (Lipinski definition) is 1. The third-order valence-electron chi connectivity index (χ3n) is 6.73. The minimum Gasteiger partial charge on any atom is -0.487 e. The molecule has 13 heteroatoms. The molecule has 0 fully saturated rings. The lowest BCUT2D eigenvalue weighted by molar-refractivity contribution is -0.152. The lowest BCUT2D eigenvalue weighted by Crippen LogP contribution is -2.49. The van der Waals surface area contributed by atoms with Gasteiger partial charge in [-0.2, -0.15) is 0 Å². The second-order valence-electron chi connectivity index (χ2n) is 14.6. The van der Waals surface area contributed by atoms with Crippen LogP contribution in [0.15, 0.2) is 36.4 Å². The summed E-state index contributed by atoms with van der Waals surface area (Å²) in [5, 5.41) is 2.81. The zero-order valence-electron chi connectivity index (χ0n) is 29.2. The molecule has 1 heterocycles. The van der Waals surface area contributed by atoms with Crippen molar-refractivity contribution in [3.05, 3.63) is 53.3 Å². The van der Waals surface area contributed by atoms with Gasteiger partial charge in [-0.3, -0.25) is 9.69 Å². The van der Waals surface area contributed by atoms with Gasteiger partial charge < -0.3 is 29.2 Å². The predicted molar refractivity (Wildman–Crippen MR) is 176 cm³/mol. The maximum absolute atomic E-state index is 16.6. The van der Waals surface area contributed by atoms with Gasteiger partial charge in [0.2, 0.25) is 6.43 Å². The maximum atomic E-state index is 16.6. The van der Waals surface area contributed by atoms with Gasteiger partial charge in [0.05, 0.1) is 11.7 Å². The fourth-order valence-corrected chi connectivity index (χ4v) is 4.94. The van der Waals surface area contributed by atoms with E-state index in [0.29, 0.717) is 0 Å². The van der Waals surface area contributed by atoms with Crippen LogP contribution < -0.4 is 15.0 Å². The Balaban J connectivity index is 2.08. The number of nitrogens with zero attached hydrogens (tertiary/aromatic N) is 2. The second kappa shape index (κ2) is 15.4. The molecule has 266 valence electrons. The van der Waals surface area contributed by atoms with Crippen molar-refractivity contribution in [1.82, 2.24) is 4.90 Å². The second-order valence-corrected chi connectivity index (χ2v) is 14.6. The molecule has 0 saturated carbocycles. The number of ether oxygens (including phenoxy) is 4.